The molecule has 1 aromatic rings. The minimum atomic E-state index is -0.452. The van der Waals surface area contributed by atoms with Crippen molar-refractivity contribution in [3.8, 4) is 0 Å². The number of amides is 1. The number of halogens is 1. The van der Waals surface area contributed by atoms with E-state index in [2.05, 4.69) is 43.4 Å². The molecule has 0 saturated heterocycles. The van der Waals surface area contributed by atoms with Crippen LogP contribution >= 0.6 is 15.9 Å². The molecule has 2 rings (SSSR count). The maximum Gasteiger partial charge on any atom is 0.407 e. The van der Waals surface area contributed by atoms with Gasteiger partial charge in [0.15, 0.2) is 0 Å². The van der Waals surface area contributed by atoms with Crippen LogP contribution < -0.4 is 11.1 Å². The van der Waals surface area contributed by atoms with Gasteiger partial charge < -0.3 is 15.8 Å². The molecule has 154 valence electrons. The second kappa shape index (κ2) is 10.6. The summed E-state index contributed by atoms with van der Waals surface area (Å²) in [6.45, 7) is 6.24. The highest BCUT2D eigenvalue weighted by Crippen LogP contribution is 2.34. The summed E-state index contributed by atoms with van der Waals surface area (Å²) in [5.41, 5.74) is 8.69. The molecule has 0 unspecified atom stereocenters. The van der Waals surface area contributed by atoms with Crippen LogP contribution in [0.1, 0.15) is 71.4 Å². The minimum Gasteiger partial charge on any atom is -0.444 e. The van der Waals surface area contributed by atoms with E-state index in [4.69, 9.17) is 10.5 Å². The standard InChI is InChI=1S/C21H31BrN4O2/c1-21(2,3)28-20(27)24-13-9-5-4-6-10-15-11-7-8-12-16(15)18-17(22)14-25-19(23)26-18/h11-12,14H,4-10,13H2,1-3H3,(H,24,27)(H2,23,25,26). The summed E-state index contributed by atoms with van der Waals surface area (Å²) >= 11 is 3.54. The maximum atomic E-state index is 11.6. The number of aromatic nitrogens is 2. The molecular formula is C21H31BrN4O2. The predicted molar refractivity (Wildman–Crippen MR) is 117 cm³/mol. The molecule has 0 radical (unpaired) electrons. The molecule has 28 heavy (non-hydrogen) atoms. The number of nitrogen functional groups attached to an aromatic ring is 1. The summed E-state index contributed by atoms with van der Waals surface area (Å²) < 4.78 is 6.10. The first-order chi connectivity index (χ1) is 13.3. The van der Waals surface area contributed by atoms with Gasteiger partial charge in [-0.25, -0.2) is 14.8 Å². The van der Waals surface area contributed by atoms with Crippen molar-refractivity contribution in [2.24, 2.45) is 0 Å². The van der Waals surface area contributed by atoms with Crippen LogP contribution in [0.2, 0.25) is 0 Å². The molecule has 0 aromatic carbocycles. The van der Waals surface area contributed by atoms with Crippen LogP contribution in [0.25, 0.3) is 5.57 Å². The first-order valence-electron chi connectivity index (χ1n) is 9.91. The monoisotopic (exact) mass is 450 g/mol. The van der Waals surface area contributed by atoms with Gasteiger partial charge in [0.25, 0.3) is 0 Å². The van der Waals surface area contributed by atoms with E-state index in [0.29, 0.717) is 12.5 Å². The molecule has 1 amide bonds. The Balaban J connectivity index is 1.72. The Kier molecular flexibility index (Phi) is 8.48. The molecule has 3 N–H and O–H groups in total. The summed E-state index contributed by atoms with van der Waals surface area (Å²) in [7, 11) is 0. The lowest BCUT2D eigenvalue weighted by atomic mass is 9.91. The van der Waals surface area contributed by atoms with Crippen LogP contribution in [-0.2, 0) is 4.74 Å². The normalized spacial score (nSPS) is 14.3. The molecule has 1 aromatic heterocycles. The first kappa shape index (κ1) is 22.4. The predicted octanol–water partition coefficient (Wildman–Crippen LogP) is 5.40. The van der Waals surface area contributed by atoms with Crippen molar-refractivity contribution in [1.82, 2.24) is 15.3 Å². The number of carbonyl (C=O) groups excluding carboxylic acids is 1. The van der Waals surface area contributed by atoms with E-state index < -0.39 is 5.60 Å². The number of ether oxygens (including phenoxy) is 1. The number of allylic oxidation sites excluding steroid dienone is 4. The average Bonchev–Trinajstić information content (AvgIpc) is 2.62. The Morgan fingerprint density at radius 3 is 2.68 bits per heavy atom. The summed E-state index contributed by atoms with van der Waals surface area (Å²) in [6, 6.07) is 0. The van der Waals surface area contributed by atoms with E-state index in [-0.39, 0.29) is 6.09 Å². The Morgan fingerprint density at radius 1 is 1.21 bits per heavy atom. The van der Waals surface area contributed by atoms with Crippen molar-refractivity contribution < 1.29 is 9.53 Å². The van der Waals surface area contributed by atoms with E-state index in [1.54, 1.807) is 6.20 Å². The third-order valence-electron chi connectivity index (χ3n) is 4.31. The molecule has 6 nitrogen and oxygen atoms in total. The quantitative estimate of drug-likeness (QED) is 0.517. The maximum absolute atomic E-state index is 11.6. The summed E-state index contributed by atoms with van der Waals surface area (Å²) in [5, 5.41) is 2.81. The third-order valence-corrected chi connectivity index (χ3v) is 4.89. The van der Waals surface area contributed by atoms with E-state index >= 15 is 0 Å². The van der Waals surface area contributed by atoms with Crippen molar-refractivity contribution in [2.45, 2.75) is 71.3 Å². The highest BCUT2D eigenvalue weighted by Gasteiger charge is 2.16. The fourth-order valence-electron chi connectivity index (χ4n) is 3.08. The van der Waals surface area contributed by atoms with Crippen LogP contribution in [-0.4, -0.2) is 28.2 Å². The zero-order chi connectivity index (χ0) is 20.6. The largest absolute Gasteiger partial charge is 0.444 e. The number of unbranched alkanes of at least 4 members (excludes halogenated alkanes) is 3. The van der Waals surface area contributed by atoms with Crippen molar-refractivity contribution in [1.29, 1.82) is 0 Å². The number of anilines is 1. The van der Waals surface area contributed by atoms with Crippen LogP contribution in [0.4, 0.5) is 10.7 Å². The Morgan fingerprint density at radius 2 is 1.93 bits per heavy atom. The van der Waals surface area contributed by atoms with Gasteiger partial charge in [0, 0.05) is 18.3 Å². The number of nitrogens with two attached hydrogens (primary N) is 1. The molecule has 0 atom stereocenters. The van der Waals surface area contributed by atoms with Crippen LogP contribution in [0.5, 0.6) is 0 Å². The zero-order valence-corrected chi connectivity index (χ0v) is 18.6. The number of hydrogen-bond acceptors (Lipinski definition) is 5. The molecule has 0 aliphatic heterocycles. The van der Waals surface area contributed by atoms with Crippen molar-refractivity contribution >= 4 is 33.5 Å². The third kappa shape index (κ3) is 7.62. The van der Waals surface area contributed by atoms with Gasteiger partial charge in [-0.1, -0.05) is 25.0 Å². The lowest BCUT2D eigenvalue weighted by Gasteiger charge is -2.19. The fourth-order valence-corrected chi connectivity index (χ4v) is 3.48. The molecule has 0 bridgehead atoms. The number of rotatable bonds is 8. The van der Waals surface area contributed by atoms with Gasteiger partial charge in [0.2, 0.25) is 5.95 Å². The number of carbonyl (C=O) groups is 1. The van der Waals surface area contributed by atoms with Crippen LogP contribution in [0.15, 0.2) is 28.4 Å². The van der Waals surface area contributed by atoms with Gasteiger partial charge in [-0.15, -0.1) is 0 Å². The van der Waals surface area contributed by atoms with Gasteiger partial charge in [-0.2, -0.15) is 0 Å². The summed E-state index contributed by atoms with van der Waals surface area (Å²) in [6.07, 6.45) is 13.3. The number of alkyl carbamates (subject to hydrolysis) is 1. The van der Waals surface area contributed by atoms with Crippen molar-refractivity contribution in [3.05, 3.63) is 34.1 Å². The van der Waals surface area contributed by atoms with E-state index in [1.807, 2.05) is 20.8 Å². The highest BCUT2D eigenvalue weighted by molar-refractivity contribution is 9.10. The molecule has 1 aliphatic carbocycles. The second-order valence-electron chi connectivity index (χ2n) is 7.94. The Hall–Kier alpha value is -1.89. The molecule has 0 spiro atoms. The van der Waals surface area contributed by atoms with Crippen LogP contribution in [0.3, 0.4) is 0 Å². The van der Waals surface area contributed by atoms with Gasteiger partial charge in [0.05, 0.1) is 10.2 Å². The molecule has 1 aliphatic rings. The average molecular weight is 451 g/mol. The van der Waals surface area contributed by atoms with Gasteiger partial charge in [0.1, 0.15) is 5.60 Å². The topological polar surface area (TPSA) is 90.1 Å². The van der Waals surface area contributed by atoms with Gasteiger partial charge >= 0.3 is 6.09 Å². The smallest absolute Gasteiger partial charge is 0.407 e. The number of hydrogen-bond donors (Lipinski definition) is 2. The SMILES string of the molecule is CC(C)(C)OC(=O)NCCCCCCC1=CCCC=C1c1nc(N)ncc1Br. The van der Waals surface area contributed by atoms with E-state index in [9.17, 15) is 4.79 Å². The highest BCUT2D eigenvalue weighted by atomic mass is 79.9. The Bertz CT molecular complexity index is 738. The van der Waals surface area contributed by atoms with Crippen molar-refractivity contribution in [2.75, 3.05) is 12.3 Å². The lowest BCUT2D eigenvalue weighted by Crippen LogP contribution is -2.32. The zero-order valence-electron chi connectivity index (χ0n) is 17.1. The molecule has 0 saturated carbocycles. The summed E-state index contributed by atoms with van der Waals surface area (Å²) in [4.78, 5) is 20.1. The first-order valence-corrected chi connectivity index (χ1v) is 10.7. The molecule has 7 heteroatoms. The lowest BCUT2D eigenvalue weighted by molar-refractivity contribution is 0.0527. The van der Waals surface area contributed by atoms with Crippen molar-refractivity contribution in [3.63, 3.8) is 0 Å². The molecule has 1 heterocycles. The van der Waals surface area contributed by atoms with Crippen LogP contribution in [0, 0.1) is 0 Å². The summed E-state index contributed by atoms with van der Waals surface area (Å²) in [5.74, 6) is 0.293. The molecular weight excluding hydrogens is 420 g/mol. The fraction of sp³-hybridized carbons (Fsp3) is 0.571. The van der Waals surface area contributed by atoms with E-state index in [1.165, 1.54) is 11.1 Å². The number of nitrogens with one attached hydrogen (secondary N) is 1. The van der Waals surface area contributed by atoms with E-state index in [0.717, 1.165) is 55.1 Å². The Labute approximate surface area is 176 Å². The number of nitrogens with zero attached hydrogens (tertiary/aromatic N) is 2. The molecule has 0 fully saturated rings. The van der Waals surface area contributed by atoms with Gasteiger partial charge in [-0.05, 0) is 74.4 Å². The minimum absolute atomic E-state index is 0.293. The van der Waals surface area contributed by atoms with Gasteiger partial charge in [-0.3, -0.25) is 0 Å². The second-order valence-corrected chi connectivity index (χ2v) is 8.80.